The summed E-state index contributed by atoms with van der Waals surface area (Å²) in [5.74, 6) is -1.39. The summed E-state index contributed by atoms with van der Waals surface area (Å²) in [7, 11) is 0. The number of amides is 1. The van der Waals surface area contributed by atoms with Gasteiger partial charge in [0.05, 0.1) is 6.61 Å². The Morgan fingerprint density at radius 2 is 1.69 bits per heavy atom. The van der Waals surface area contributed by atoms with Crippen molar-refractivity contribution in [3.63, 3.8) is 0 Å². The van der Waals surface area contributed by atoms with E-state index in [-0.39, 0.29) is 0 Å². The van der Waals surface area contributed by atoms with E-state index in [1.165, 1.54) is 12.8 Å². The van der Waals surface area contributed by atoms with Gasteiger partial charge in [0.2, 0.25) is 0 Å². The molecular formula is C12H23NO3. The highest BCUT2D eigenvalue weighted by Gasteiger charge is 2.13. The van der Waals surface area contributed by atoms with Gasteiger partial charge >= 0.3 is 11.9 Å². The molecule has 0 saturated heterocycles. The first-order valence-corrected chi connectivity index (χ1v) is 6.17. The number of nitrogens with one attached hydrogen (secondary N) is 1. The zero-order valence-electron chi connectivity index (χ0n) is 10.4. The molecule has 0 spiro atoms. The van der Waals surface area contributed by atoms with Crippen molar-refractivity contribution in [2.75, 3.05) is 13.2 Å². The Kier molecular flexibility index (Phi) is 9.76. The molecule has 0 aliphatic rings. The quantitative estimate of drug-likeness (QED) is 0.393. The number of hydrogen-bond acceptors (Lipinski definition) is 3. The first-order chi connectivity index (χ1) is 7.72. The second kappa shape index (κ2) is 10.5. The summed E-state index contributed by atoms with van der Waals surface area (Å²) in [5, 5.41) is 2.48. The van der Waals surface area contributed by atoms with Crippen LogP contribution in [0.2, 0.25) is 0 Å². The monoisotopic (exact) mass is 229 g/mol. The number of unbranched alkanes of at least 4 members (excludes halogenated alkanes) is 4. The molecule has 4 nitrogen and oxygen atoms in total. The molecule has 0 aromatic carbocycles. The van der Waals surface area contributed by atoms with Crippen molar-refractivity contribution in [1.29, 1.82) is 0 Å². The Morgan fingerprint density at radius 1 is 1.00 bits per heavy atom. The van der Waals surface area contributed by atoms with E-state index in [0.717, 1.165) is 25.7 Å². The van der Waals surface area contributed by atoms with Crippen LogP contribution in [-0.4, -0.2) is 25.0 Å². The Hall–Kier alpha value is -1.06. The second-order valence-corrected chi connectivity index (χ2v) is 3.81. The molecule has 16 heavy (non-hydrogen) atoms. The van der Waals surface area contributed by atoms with Gasteiger partial charge in [0.1, 0.15) is 0 Å². The second-order valence-electron chi connectivity index (χ2n) is 3.81. The molecule has 0 heterocycles. The summed E-state index contributed by atoms with van der Waals surface area (Å²) in [4.78, 5) is 22.2. The van der Waals surface area contributed by atoms with E-state index < -0.39 is 11.9 Å². The van der Waals surface area contributed by atoms with Gasteiger partial charge in [0, 0.05) is 6.54 Å². The van der Waals surface area contributed by atoms with Gasteiger partial charge in [-0.25, -0.2) is 4.79 Å². The third kappa shape index (κ3) is 8.26. The summed E-state index contributed by atoms with van der Waals surface area (Å²) in [6.07, 6.45) is 6.28. The van der Waals surface area contributed by atoms with Crippen molar-refractivity contribution in [3.05, 3.63) is 0 Å². The lowest BCUT2D eigenvalue weighted by Gasteiger charge is -2.04. The molecule has 0 aromatic rings. The molecule has 0 fully saturated rings. The van der Waals surface area contributed by atoms with Crippen LogP contribution in [-0.2, 0) is 14.3 Å². The summed E-state index contributed by atoms with van der Waals surface area (Å²) in [5.41, 5.74) is 0. The highest BCUT2D eigenvalue weighted by molar-refractivity contribution is 6.32. The van der Waals surface area contributed by atoms with Crippen LogP contribution in [0.3, 0.4) is 0 Å². The number of ether oxygens (including phenoxy) is 1. The Bertz CT molecular complexity index is 204. The van der Waals surface area contributed by atoms with Crippen LogP contribution in [0, 0.1) is 0 Å². The molecule has 0 rings (SSSR count). The van der Waals surface area contributed by atoms with E-state index in [1.54, 1.807) is 0 Å². The van der Waals surface area contributed by atoms with Gasteiger partial charge in [-0.1, -0.05) is 39.5 Å². The van der Waals surface area contributed by atoms with Crippen LogP contribution >= 0.6 is 0 Å². The van der Waals surface area contributed by atoms with E-state index in [9.17, 15) is 9.59 Å². The molecular weight excluding hydrogens is 206 g/mol. The zero-order valence-corrected chi connectivity index (χ0v) is 10.4. The average molecular weight is 229 g/mol. The van der Waals surface area contributed by atoms with Crippen LogP contribution in [0.5, 0.6) is 0 Å². The molecule has 0 aliphatic heterocycles. The third-order valence-corrected chi connectivity index (χ3v) is 2.20. The van der Waals surface area contributed by atoms with E-state index in [1.807, 2.05) is 6.92 Å². The minimum absolute atomic E-state index is 0.349. The van der Waals surface area contributed by atoms with Crippen molar-refractivity contribution in [3.8, 4) is 0 Å². The minimum atomic E-state index is -0.760. The average Bonchev–Trinajstić information content (AvgIpc) is 2.30. The third-order valence-electron chi connectivity index (χ3n) is 2.20. The lowest BCUT2D eigenvalue weighted by atomic mass is 10.2. The van der Waals surface area contributed by atoms with Gasteiger partial charge in [0.25, 0.3) is 0 Å². The van der Waals surface area contributed by atoms with E-state index in [4.69, 9.17) is 4.74 Å². The van der Waals surface area contributed by atoms with Crippen molar-refractivity contribution >= 4 is 11.9 Å². The van der Waals surface area contributed by atoms with Gasteiger partial charge in [-0.15, -0.1) is 0 Å². The van der Waals surface area contributed by atoms with Crippen LogP contribution in [0.4, 0.5) is 0 Å². The number of carbonyl (C=O) groups excluding carboxylic acids is 2. The number of hydrogen-bond donors (Lipinski definition) is 1. The van der Waals surface area contributed by atoms with Gasteiger partial charge in [0.15, 0.2) is 0 Å². The number of esters is 1. The highest BCUT2D eigenvalue weighted by atomic mass is 16.5. The summed E-state index contributed by atoms with van der Waals surface area (Å²) in [6.45, 7) is 4.95. The molecule has 0 saturated carbocycles. The first-order valence-electron chi connectivity index (χ1n) is 6.17. The zero-order chi connectivity index (χ0) is 12.2. The molecule has 1 N–H and O–H groups in total. The molecule has 4 heteroatoms. The van der Waals surface area contributed by atoms with Crippen LogP contribution < -0.4 is 5.32 Å². The van der Waals surface area contributed by atoms with Crippen LogP contribution in [0.15, 0.2) is 0 Å². The molecule has 0 aliphatic carbocycles. The lowest BCUT2D eigenvalue weighted by molar-refractivity contribution is -0.155. The fourth-order valence-corrected chi connectivity index (χ4v) is 1.25. The molecule has 0 unspecified atom stereocenters. The summed E-state index contributed by atoms with van der Waals surface area (Å²) >= 11 is 0. The first kappa shape index (κ1) is 14.9. The lowest BCUT2D eigenvalue weighted by Crippen LogP contribution is -2.33. The Morgan fingerprint density at radius 3 is 2.31 bits per heavy atom. The topological polar surface area (TPSA) is 55.4 Å². The maximum Gasteiger partial charge on any atom is 0.396 e. The van der Waals surface area contributed by atoms with Crippen LogP contribution in [0.1, 0.15) is 52.4 Å². The largest absolute Gasteiger partial charge is 0.459 e. The predicted octanol–water partition coefficient (Wildman–Crippen LogP) is 2.03. The predicted molar refractivity (Wildman–Crippen MR) is 63.0 cm³/mol. The fourth-order valence-electron chi connectivity index (χ4n) is 1.25. The molecule has 94 valence electrons. The number of rotatable bonds is 8. The van der Waals surface area contributed by atoms with Gasteiger partial charge in [-0.05, 0) is 12.8 Å². The Balaban J connectivity index is 3.39. The van der Waals surface area contributed by atoms with Crippen molar-refractivity contribution in [2.24, 2.45) is 0 Å². The van der Waals surface area contributed by atoms with Crippen molar-refractivity contribution in [2.45, 2.75) is 52.4 Å². The van der Waals surface area contributed by atoms with Gasteiger partial charge < -0.3 is 10.1 Å². The van der Waals surface area contributed by atoms with E-state index in [2.05, 4.69) is 12.2 Å². The van der Waals surface area contributed by atoms with Crippen molar-refractivity contribution in [1.82, 2.24) is 5.32 Å². The maximum atomic E-state index is 11.1. The smallest absolute Gasteiger partial charge is 0.396 e. The number of carbonyl (C=O) groups is 2. The molecule has 0 radical (unpaired) electrons. The minimum Gasteiger partial charge on any atom is -0.459 e. The van der Waals surface area contributed by atoms with Gasteiger partial charge in [-0.3, -0.25) is 4.79 Å². The van der Waals surface area contributed by atoms with Crippen molar-refractivity contribution < 1.29 is 14.3 Å². The molecule has 0 bridgehead atoms. The molecule has 0 aromatic heterocycles. The highest BCUT2D eigenvalue weighted by Crippen LogP contribution is 2.02. The van der Waals surface area contributed by atoms with Gasteiger partial charge in [-0.2, -0.15) is 0 Å². The molecule has 1 amide bonds. The van der Waals surface area contributed by atoms with E-state index in [0.29, 0.717) is 13.2 Å². The van der Waals surface area contributed by atoms with Crippen LogP contribution in [0.25, 0.3) is 0 Å². The maximum absolute atomic E-state index is 11.1. The SMILES string of the molecule is CCCCCCCOC(=O)C(=O)NCCC. The molecule has 0 atom stereocenters. The standard InChI is InChI=1S/C12H23NO3/c1-3-5-6-7-8-10-16-12(15)11(14)13-9-4-2/h3-10H2,1-2H3,(H,13,14). The fraction of sp³-hybridized carbons (Fsp3) is 0.833. The summed E-state index contributed by atoms with van der Waals surface area (Å²) < 4.78 is 4.83. The normalized spacial score (nSPS) is 9.88. The van der Waals surface area contributed by atoms with E-state index >= 15 is 0 Å². The Labute approximate surface area is 97.7 Å². The summed E-state index contributed by atoms with van der Waals surface area (Å²) in [6, 6.07) is 0.